The molecular weight excluding hydrogens is 271 g/mol. The molecule has 4 nitrogen and oxygen atoms in total. The molecular formula is C16H21FN2O2. The lowest BCUT2D eigenvalue weighted by atomic mass is 10.1. The summed E-state index contributed by atoms with van der Waals surface area (Å²) in [5, 5.41) is 0.693. The van der Waals surface area contributed by atoms with Crippen molar-refractivity contribution in [1.82, 2.24) is 4.57 Å². The molecule has 0 spiro atoms. The summed E-state index contributed by atoms with van der Waals surface area (Å²) < 4.78 is 20.3. The van der Waals surface area contributed by atoms with Crippen molar-refractivity contribution < 1.29 is 13.9 Å². The zero-order chi connectivity index (χ0) is 15.8. The van der Waals surface area contributed by atoms with Crippen LogP contribution in [-0.4, -0.2) is 22.3 Å². The Morgan fingerprint density at radius 2 is 2.10 bits per heavy atom. The Hall–Kier alpha value is -1.88. The predicted octanol–water partition coefficient (Wildman–Crippen LogP) is 3.45. The fraction of sp³-hybridized carbons (Fsp3) is 0.438. The average Bonchev–Trinajstić information content (AvgIpc) is 2.65. The van der Waals surface area contributed by atoms with Gasteiger partial charge in [0.25, 0.3) is 0 Å². The maximum atomic E-state index is 13.5. The quantitative estimate of drug-likeness (QED) is 0.922. The first-order valence-corrected chi connectivity index (χ1v) is 6.96. The van der Waals surface area contributed by atoms with E-state index in [2.05, 4.69) is 0 Å². The summed E-state index contributed by atoms with van der Waals surface area (Å²) in [6.07, 6.45) is 1.77. The number of hydrogen-bond acceptors (Lipinski definition) is 3. The number of nitrogens with zero attached hydrogens (tertiary/aromatic N) is 1. The van der Waals surface area contributed by atoms with E-state index in [-0.39, 0.29) is 11.9 Å². The van der Waals surface area contributed by atoms with Crippen LogP contribution in [0.25, 0.3) is 10.9 Å². The highest BCUT2D eigenvalue weighted by molar-refractivity contribution is 5.92. The molecule has 114 valence electrons. The number of aromatic nitrogens is 1. The highest BCUT2D eigenvalue weighted by atomic mass is 19.1. The molecule has 1 atom stereocenters. The molecule has 2 N–H and O–H groups in total. The molecule has 0 saturated carbocycles. The van der Waals surface area contributed by atoms with E-state index >= 15 is 0 Å². The lowest BCUT2D eigenvalue weighted by Gasteiger charge is -2.19. The van der Waals surface area contributed by atoms with Gasteiger partial charge in [-0.2, -0.15) is 0 Å². The van der Waals surface area contributed by atoms with E-state index < -0.39 is 11.7 Å². The lowest BCUT2D eigenvalue weighted by Crippen LogP contribution is -2.26. The van der Waals surface area contributed by atoms with Gasteiger partial charge in [0.2, 0.25) is 0 Å². The van der Waals surface area contributed by atoms with Crippen LogP contribution in [0.3, 0.4) is 0 Å². The molecule has 0 radical (unpaired) electrons. The van der Waals surface area contributed by atoms with Gasteiger partial charge in [-0.1, -0.05) is 0 Å². The van der Waals surface area contributed by atoms with Crippen LogP contribution in [-0.2, 0) is 11.2 Å². The fourth-order valence-electron chi connectivity index (χ4n) is 2.24. The van der Waals surface area contributed by atoms with Crippen LogP contribution < -0.4 is 5.73 Å². The molecule has 0 aliphatic rings. The second-order valence-electron chi connectivity index (χ2n) is 6.35. The first kappa shape index (κ1) is 15.5. The smallest absolute Gasteiger partial charge is 0.419 e. The van der Waals surface area contributed by atoms with Gasteiger partial charge in [-0.25, -0.2) is 9.18 Å². The molecule has 0 aliphatic heterocycles. The van der Waals surface area contributed by atoms with Crippen molar-refractivity contribution >= 4 is 17.0 Å². The van der Waals surface area contributed by atoms with Gasteiger partial charge in [0.05, 0.1) is 5.52 Å². The molecule has 1 aromatic carbocycles. The van der Waals surface area contributed by atoms with Crippen molar-refractivity contribution in [2.75, 3.05) is 0 Å². The molecule has 0 saturated heterocycles. The average molecular weight is 292 g/mol. The molecule has 0 aliphatic carbocycles. The molecule has 0 bridgehead atoms. The maximum Gasteiger partial charge on any atom is 0.419 e. The summed E-state index contributed by atoms with van der Waals surface area (Å²) in [4.78, 5) is 12.3. The minimum absolute atomic E-state index is 0.0778. The van der Waals surface area contributed by atoms with Crippen molar-refractivity contribution in [3.05, 3.63) is 35.8 Å². The summed E-state index contributed by atoms with van der Waals surface area (Å²) in [6.45, 7) is 7.29. The number of carbonyl (C=O) groups excluding carboxylic acids is 1. The van der Waals surface area contributed by atoms with Crippen molar-refractivity contribution in [3.63, 3.8) is 0 Å². The Kier molecular flexibility index (Phi) is 4.05. The minimum Gasteiger partial charge on any atom is -0.443 e. The minimum atomic E-state index is -0.588. The predicted molar refractivity (Wildman–Crippen MR) is 80.9 cm³/mol. The topological polar surface area (TPSA) is 57.2 Å². The SMILES string of the molecule is C[C@H](N)Cc1cn(C(=O)OC(C)(C)C)c2ccc(F)cc12. The Morgan fingerprint density at radius 3 is 2.67 bits per heavy atom. The molecule has 0 fully saturated rings. The van der Waals surface area contributed by atoms with E-state index in [1.165, 1.54) is 16.7 Å². The zero-order valence-corrected chi connectivity index (χ0v) is 12.8. The van der Waals surface area contributed by atoms with Crippen LogP contribution in [0.2, 0.25) is 0 Å². The van der Waals surface area contributed by atoms with E-state index in [0.29, 0.717) is 17.3 Å². The summed E-state index contributed by atoms with van der Waals surface area (Å²) in [5.41, 5.74) is 6.70. The number of rotatable bonds is 2. The van der Waals surface area contributed by atoms with E-state index in [1.807, 2.05) is 6.92 Å². The second kappa shape index (κ2) is 5.48. The number of ether oxygens (including phenoxy) is 1. The normalized spacial score (nSPS) is 13.4. The van der Waals surface area contributed by atoms with Crippen molar-refractivity contribution in [2.24, 2.45) is 5.73 Å². The zero-order valence-electron chi connectivity index (χ0n) is 12.8. The molecule has 1 heterocycles. The van der Waals surface area contributed by atoms with E-state index in [9.17, 15) is 9.18 Å². The third kappa shape index (κ3) is 3.61. The second-order valence-corrected chi connectivity index (χ2v) is 6.35. The van der Waals surface area contributed by atoms with Gasteiger partial charge in [0, 0.05) is 17.6 Å². The molecule has 21 heavy (non-hydrogen) atoms. The van der Waals surface area contributed by atoms with E-state index in [0.717, 1.165) is 5.56 Å². The number of halogens is 1. The monoisotopic (exact) mass is 292 g/mol. The van der Waals surface area contributed by atoms with Crippen LogP contribution in [0.5, 0.6) is 0 Å². The van der Waals surface area contributed by atoms with Crippen LogP contribution in [0.15, 0.2) is 24.4 Å². The molecule has 0 unspecified atom stereocenters. The van der Waals surface area contributed by atoms with Crippen molar-refractivity contribution in [1.29, 1.82) is 0 Å². The van der Waals surface area contributed by atoms with Crippen LogP contribution in [0.4, 0.5) is 9.18 Å². The van der Waals surface area contributed by atoms with Crippen LogP contribution >= 0.6 is 0 Å². The number of nitrogens with two attached hydrogens (primary N) is 1. The Balaban J connectivity index is 2.51. The fourth-order valence-corrected chi connectivity index (χ4v) is 2.24. The van der Waals surface area contributed by atoms with E-state index in [1.54, 1.807) is 33.0 Å². The molecule has 2 rings (SSSR count). The molecule has 2 aromatic rings. The van der Waals surface area contributed by atoms with Gasteiger partial charge in [-0.15, -0.1) is 0 Å². The lowest BCUT2D eigenvalue weighted by molar-refractivity contribution is 0.0544. The summed E-state index contributed by atoms with van der Waals surface area (Å²) in [5.74, 6) is -0.338. The summed E-state index contributed by atoms with van der Waals surface area (Å²) in [7, 11) is 0. The van der Waals surface area contributed by atoms with Crippen LogP contribution in [0.1, 0.15) is 33.3 Å². The first-order valence-electron chi connectivity index (χ1n) is 6.96. The summed E-state index contributed by atoms with van der Waals surface area (Å²) in [6, 6.07) is 4.26. The van der Waals surface area contributed by atoms with Gasteiger partial charge >= 0.3 is 6.09 Å². The Bertz CT molecular complexity index is 669. The molecule has 5 heteroatoms. The first-order chi connectivity index (χ1) is 9.67. The molecule has 0 amide bonds. The highest BCUT2D eigenvalue weighted by Crippen LogP contribution is 2.24. The Morgan fingerprint density at radius 1 is 1.43 bits per heavy atom. The number of fused-ring (bicyclic) bond motifs is 1. The number of carbonyl (C=O) groups is 1. The van der Waals surface area contributed by atoms with Gasteiger partial charge in [-0.3, -0.25) is 4.57 Å². The number of benzene rings is 1. The third-order valence-electron chi connectivity index (χ3n) is 2.98. The largest absolute Gasteiger partial charge is 0.443 e. The maximum absolute atomic E-state index is 13.5. The van der Waals surface area contributed by atoms with Gasteiger partial charge in [0.15, 0.2) is 0 Å². The molecule has 1 aromatic heterocycles. The van der Waals surface area contributed by atoms with E-state index in [4.69, 9.17) is 10.5 Å². The third-order valence-corrected chi connectivity index (χ3v) is 2.98. The van der Waals surface area contributed by atoms with Gasteiger partial charge < -0.3 is 10.5 Å². The standard InChI is InChI=1S/C16H21FN2O2/c1-10(18)7-11-9-19(15(20)21-16(2,3)4)14-6-5-12(17)8-13(11)14/h5-6,8-10H,7,18H2,1-4H3/t10-/m0/s1. The van der Waals surface area contributed by atoms with Crippen molar-refractivity contribution in [2.45, 2.75) is 45.8 Å². The van der Waals surface area contributed by atoms with Gasteiger partial charge in [0.1, 0.15) is 11.4 Å². The van der Waals surface area contributed by atoms with Crippen LogP contribution in [0, 0.1) is 5.82 Å². The summed E-state index contributed by atoms with van der Waals surface area (Å²) >= 11 is 0. The highest BCUT2D eigenvalue weighted by Gasteiger charge is 2.21. The van der Waals surface area contributed by atoms with Gasteiger partial charge in [-0.05, 0) is 57.9 Å². The van der Waals surface area contributed by atoms with Crippen molar-refractivity contribution in [3.8, 4) is 0 Å². The Labute approximate surface area is 123 Å². The number of hydrogen-bond donors (Lipinski definition) is 1.